The Labute approximate surface area is 104 Å². The van der Waals surface area contributed by atoms with E-state index in [-0.39, 0.29) is 6.61 Å². The Hall–Kier alpha value is -1.13. The number of aromatic nitrogens is 3. The molecule has 1 saturated carbocycles. The van der Waals surface area contributed by atoms with Gasteiger partial charge in [-0.15, -0.1) is 0 Å². The summed E-state index contributed by atoms with van der Waals surface area (Å²) in [7, 11) is 0. The molecule has 90 valence electrons. The zero-order valence-corrected chi connectivity index (χ0v) is 10.1. The molecule has 0 bridgehead atoms. The van der Waals surface area contributed by atoms with Gasteiger partial charge in [-0.3, -0.25) is 0 Å². The van der Waals surface area contributed by atoms with Gasteiger partial charge in [0.2, 0.25) is 0 Å². The summed E-state index contributed by atoms with van der Waals surface area (Å²) in [6.07, 6.45) is 6.72. The zero-order chi connectivity index (χ0) is 11.8. The summed E-state index contributed by atoms with van der Waals surface area (Å²) in [6, 6.07) is 2.39. The number of halogens is 1. The first-order valence-corrected chi connectivity index (χ1v) is 6.25. The van der Waals surface area contributed by atoms with Crippen LogP contribution in [0.15, 0.2) is 18.6 Å². The first-order chi connectivity index (χ1) is 8.29. The van der Waals surface area contributed by atoms with Gasteiger partial charge in [-0.05, 0) is 31.2 Å². The molecule has 0 aliphatic heterocycles. The highest BCUT2D eigenvalue weighted by Crippen LogP contribution is 2.36. The van der Waals surface area contributed by atoms with Gasteiger partial charge in [-0.1, -0.05) is 11.6 Å². The van der Waals surface area contributed by atoms with E-state index in [1.165, 1.54) is 6.33 Å². The van der Waals surface area contributed by atoms with Gasteiger partial charge >= 0.3 is 0 Å². The number of hydrogen-bond acceptors (Lipinski definition) is 3. The highest BCUT2D eigenvalue weighted by molar-refractivity contribution is 6.33. The van der Waals surface area contributed by atoms with Crippen LogP contribution in [0, 0.1) is 5.92 Å². The minimum Gasteiger partial charge on any atom is -0.396 e. The summed E-state index contributed by atoms with van der Waals surface area (Å²) < 4.78 is 2.17. The molecule has 2 aromatic heterocycles. The van der Waals surface area contributed by atoms with E-state index in [1.807, 2.05) is 12.3 Å². The molecular weight excluding hydrogens is 238 g/mol. The highest BCUT2D eigenvalue weighted by atomic mass is 35.5. The molecular formula is C12H14ClN3O. The van der Waals surface area contributed by atoms with Crippen molar-refractivity contribution < 1.29 is 5.11 Å². The molecule has 4 nitrogen and oxygen atoms in total. The molecule has 2 aromatic rings. The number of hydrogen-bond donors (Lipinski definition) is 1. The lowest BCUT2D eigenvalue weighted by atomic mass is 10.1. The predicted molar refractivity (Wildman–Crippen MR) is 66.0 cm³/mol. The first kappa shape index (κ1) is 11.0. The van der Waals surface area contributed by atoms with E-state index in [2.05, 4.69) is 14.5 Å². The molecule has 1 aliphatic carbocycles. The molecule has 0 amide bonds. The van der Waals surface area contributed by atoms with Gasteiger partial charge in [0.15, 0.2) is 0 Å². The molecule has 0 aromatic carbocycles. The largest absolute Gasteiger partial charge is 0.396 e. The predicted octanol–water partition coefficient (Wildman–Crippen LogP) is 2.42. The Balaban J connectivity index is 1.99. The van der Waals surface area contributed by atoms with Crippen LogP contribution < -0.4 is 0 Å². The van der Waals surface area contributed by atoms with Crippen LogP contribution >= 0.6 is 11.6 Å². The molecule has 0 unspecified atom stereocenters. The summed E-state index contributed by atoms with van der Waals surface area (Å²) in [5, 5.41) is 10.6. The van der Waals surface area contributed by atoms with Gasteiger partial charge in [0, 0.05) is 18.8 Å². The number of fused-ring (bicyclic) bond motifs is 1. The van der Waals surface area contributed by atoms with Crippen LogP contribution in [0.3, 0.4) is 0 Å². The average molecular weight is 252 g/mol. The van der Waals surface area contributed by atoms with Crippen molar-refractivity contribution in [3.8, 4) is 0 Å². The maximum absolute atomic E-state index is 9.18. The van der Waals surface area contributed by atoms with Crippen molar-refractivity contribution in [1.29, 1.82) is 0 Å². The second kappa shape index (κ2) is 4.27. The molecule has 1 N–H and O–H groups in total. The quantitative estimate of drug-likeness (QED) is 0.834. The maximum Gasteiger partial charge on any atom is 0.145 e. The molecule has 1 aliphatic rings. The molecule has 2 atom stereocenters. The van der Waals surface area contributed by atoms with Gasteiger partial charge in [0.25, 0.3) is 0 Å². The average Bonchev–Trinajstić information content (AvgIpc) is 2.94. The Bertz CT molecular complexity index is 540. The number of aliphatic hydroxyl groups excluding tert-OH is 1. The van der Waals surface area contributed by atoms with E-state index < -0.39 is 0 Å². The fourth-order valence-electron chi connectivity index (χ4n) is 2.70. The van der Waals surface area contributed by atoms with Crippen molar-refractivity contribution in [2.45, 2.75) is 25.3 Å². The molecule has 3 rings (SSSR count). The normalized spacial score (nSPS) is 24.6. The Morgan fingerprint density at radius 1 is 1.41 bits per heavy atom. The van der Waals surface area contributed by atoms with Crippen LogP contribution in [-0.4, -0.2) is 26.2 Å². The minimum atomic E-state index is 0.283. The molecule has 0 saturated heterocycles. The lowest BCUT2D eigenvalue weighted by Crippen LogP contribution is -2.06. The molecule has 2 heterocycles. The molecule has 17 heavy (non-hydrogen) atoms. The van der Waals surface area contributed by atoms with Crippen LogP contribution in [0.1, 0.15) is 25.3 Å². The van der Waals surface area contributed by atoms with Crippen molar-refractivity contribution in [3.63, 3.8) is 0 Å². The molecule has 5 heteroatoms. The summed E-state index contributed by atoms with van der Waals surface area (Å²) in [5.74, 6) is 0.426. The Morgan fingerprint density at radius 3 is 3.06 bits per heavy atom. The zero-order valence-electron chi connectivity index (χ0n) is 9.38. The van der Waals surface area contributed by atoms with E-state index in [9.17, 15) is 5.11 Å². The Morgan fingerprint density at radius 2 is 2.29 bits per heavy atom. The molecule has 0 radical (unpaired) electrons. The minimum absolute atomic E-state index is 0.283. The smallest absolute Gasteiger partial charge is 0.145 e. The van der Waals surface area contributed by atoms with E-state index in [0.717, 1.165) is 30.3 Å². The fraction of sp³-hybridized carbons (Fsp3) is 0.500. The van der Waals surface area contributed by atoms with E-state index in [4.69, 9.17) is 11.6 Å². The molecule has 1 fully saturated rings. The van der Waals surface area contributed by atoms with Crippen molar-refractivity contribution in [2.24, 2.45) is 5.92 Å². The summed E-state index contributed by atoms with van der Waals surface area (Å²) in [6.45, 7) is 0.283. The lowest BCUT2D eigenvalue weighted by Gasteiger charge is -2.13. The van der Waals surface area contributed by atoms with E-state index in [1.54, 1.807) is 0 Å². The van der Waals surface area contributed by atoms with Crippen molar-refractivity contribution in [3.05, 3.63) is 23.7 Å². The van der Waals surface area contributed by atoms with Crippen LogP contribution in [0.25, 0.3) is 11.0 Å². The maximum atomic E-state index is 9.18. The third kappa shape index (κ3) is 1.81. The third-order valence-corrected chi connectivity index (χ3v) is 3.93. The van der Waals surface area contributed by atoms with Crippen LogP contribution in [0.2, 0.25) is 5.15 Å². The number of aliphatic hydroxyl groups is 1. The highest BCUT2D eigenvalue weighted by Gasteiger charge is 2.26. The first-order valence-electron chi connectivity index (χ1n) is 5.87. The van der Waals surface area contributed by atoms with Gasteiger partial charge in [-0.2, -0.15) is 0 Å². The van der Waals surface area contributed by atoms with Crippen LogP contribution in [0.4, 0.5) is 0 Å². The van der Waals surface area contributed by atoms with Gasteiger partial charge in [-0.25, -0.2) is 9.97 Å². The second-order valence-electron chi connectivity index (χ2n) is 4.64. The lowest BCUT2D eigenvalue weighted by molar-refractivity contribution is 0.226. The number of rotatable bonds is 2. The second-order valence-corrected chi connectivity index (χ2v) is 5.00. The third-order valence-electron chi connectivity index (χ3n) is 3.63. The van der Waals surface area contributed by atoms with Gasteiger partial charge in [0.1, 0.15) is 17.1 Å². The molecule has 0 spiro atoms. The monoisotopic (exact) mass is 251 g/mol. The topological polar surface area (TPSA) is 50.9 Å². The van der Waals surface area contributed by atoms with Crippen LogP contribution in [-0.2, 0) is 0 Å². The Kier molecular flexibility index (Phi) is 2.76. The van der Waals surface area contributed by atoms with E-state index >= 15 is 0 Å². The van der Waals surface area contributed by atoms with Gasteiger partial charge in [0.05, 0.1) is 5.39 Å². The van der Waals surface area contributed by atoms with Crippen molar-refractivity contribution in [1.82, 2.24) is 14.5 Å². The van der Waals surface area contributed by atoms with Crippen LogP contribution in [0.5, 0.6) is 0 Å². The van der Waals surface area contributed by atoms with Gasteiger partial charge < -0.3 is 9.67 Å². The summed E-state index contributed by atoms with van der Waals surface area (Å²) in [5.41, 5.74) is 0.897. The summed E-state index contributed by atoms with van der Waals surface area (Å²) >= 11 is 6.03. The van der Waals surface area contributed by atoms with Crippen molar-refractivity contribution in [2.75, 3.05) is 6.61 Å². The van der Waals surface area contributed by atoms with Crippen molar-refractivity contribution >= 4 is 22.6 Å². The SMILES string of the molecule is OC[C@@H]1CC[C@@H](n2ccc3c(Cl)ncnc32)C1. The number of nitrogens with zero attached hydrogens (tertiary/aromatic N) is 3. The fourth-order valence-corrected chi connectivity index (χ4v) is 2.89. The van der Waals surface area contributed by atoms with E-state index in [0.29, 0.717) is 17.1 Å². The summed E-state index contributed by atoms with van der Waals surface area (Å²) in [4.78, 5) is 8.28. The standard InChI is InChI=1S/C12H14ClN3O/c13-11-10-3-4-16(12(10)15-7-14-11)9-2-1-8(5-9)6-17/h3-4,7-9,17H,1-2,5-6H2/t8-,9-/m1/s1.